The molecule has 2 N–H and O–H groups in total. The molecule has 1 aliphatic carbocycles. The van der Waals surface area contributed by atoms with E-state index in [-0.39, 0.29) is 17.6 Å². The number of nitrogens with zero attached hydrogens (tertiary/aromatic N) is 1. The summed E-state index contributed by atoms with van der Waals surface area (Å²) in [6.45, 7) is 2.07. The highest BCUT2D eigenvalue weighted by Crippen LogP contribution is 2.26. The van der Waals surface area contributed by atoms with Crippen LogP contribution in [0.25, 0.3) is 10.9 Å². The molecule has 3 aromatic rings. The van der Waals surface area contributed by atoms with Crippen molar-refractivity contribution in [3.8, 4) is 5.75 Å². The number of carbonyl (C=O) groups excluding carboxylic acids is 1. The average molecular weight is 443 g/mol. The van der Waals surface area contributed by atoms with Crippen LogP contribution in [0, 0.1) is 6.92 Å². The van der Waals surface area contributed by atoms with Crippen LogP contribution < -0.4 is 15.4 Å². The van der Waals surface area contributed by atoms with E-state index < -0.39 is 18.0 Å². The summed E-state index contributed by atoms with van der Waals surface area (Å²) >= 11 is 0. The van der Waals surface area contributed by atoms with Gasteiger partial charge in [-0.15, -0.1) is 13.2 Å². The van der Waals surface area contributed by atoms with Gasteiger partial charge < -0.3 is 15.4 Å². The van der Waals surface area contributed by atoms with Gasteiger partial charge in [-0.3, -0.25) is 4.79 Å². The van der Waals surface area contributed by atoms with Gasteiger partial charge in [0.25, 0.3) is 5.91 Å². The Hall–Kier alpha value is -3.29. The lowest BCUT2D eigenvalue weighted by Gasteiger charge is -2.30. The molecular formula is C24H24F3N3O2. The Bertz CT molecular complexity index is 1110. The second-order valence-corrected chi connectivity index (χ2v) is 8.08. The number of aryl methyl sites for hydroxylation is 1. The number of benzene rings is 2. The van der Waals surface area contributed by atoms with Gasteiger partial charge in [0.1, 0.15) is 11.6 Å². The summed E-state index contributed by atoms with van der Waals surface area (Å²) in [5, 5.41) is 7.56. The molecule has 168 valence electrons. The molecule has 0 saturated heterocycles. The number of pyridine rings is 1. The number of halogens is 3. The first kappa shape index (κ1) is 21.9. The number of alkyl halides is 3. The first-order chi connectivity index (χ1) is 15.3. The zero-order valence-electron chi connectivity index (χ0n) is 17.6. The van der Waals surface area contributed by atoms with Gasteiger partial charge in [0, 0.05) is 23.0 Å². The number of ether oxygens (including phenoxy) is 1. The van der Waals surface area contributed by atoms with Crippen LogP contribution in [0.3, 0.4) is 0 Å². The van der Waals surface area contributed by atoms with Crippen molar-refractivity contribution in [3.05, 3.63) is 65.7 Å². The fourth-order valence-corrected chi connectivity index (χ4v) is 4.12. The number of anilines is 1. The van der Waals surface area contributed by atoms with E-state index in [0.29, 0.717) is 0 Å². The molecule has 8 heteroatoms. The summed E-state index contributed by atoms with van der Waals surface area (Å²) in [6, 6.07) is 15.4. The molecule has 1 amide bonds. The van der Waals surface area contributed by atoms with Gasteiger partial charge in [0.15, 0.2) is 0 Å². The minimum atomic E-state index is -4.79. The van der Waals surface area contributed by atoms with Crippen molar-refractivity contribution in [2.24, 2.45) is 0 Å². The number of aromatic nitrogens is 1. The first-order valence-corrected chi connectivity index (χ1v) is 10.6. The third kappa shape index (κ3) is 5.49. The number of hydrogen-bond acceptors (Lipinski definition) is 4. The lowest BCUT2D eigenvalue weighted by Crippen LogP contribution is -2.40. The topological polar surface area (TPSA) is 63.2 Å². The van der Waals surface area contributed by atoms with Crippen LogP contribution in [0.1, 0.15) is 41.6 Å². The zero-order valence-corrected chi connectivity index (χ0v) is 17.6. The molecule has 1 heterocycles. The largest absolute Gasteiger partial charge is 0.573 e. The maximum Gasteiger partial charge on any atom is 0.573 e. The number of fused-ring (bicyclic) bond motifs is 1. The Labute approximate surface area is 184 Å². The number of para-hydroxylation sites is 1. The number of rotatable bonds is 5. The molecule has 0 aliphatic heterocycles. The van der Waals surface area contributed by atoms with E-state index in [1.54, 1.807) is 0 Å². The van der Waals surface area contributed by atoms with Crippen molar-refractivity contribution >= 4 is 22.6 Å². The van der Waals surface area contributed by atoms with Crippen LogP contribution in [0.4, 0.5) is 19.0 Å². The summed E-state index contributed by atoms with van der Waals surface area (Å²) in [7, 11) is 0. The zero-order chi connectivity index (χ0) is 22.7. The van der Waals surface area contributed by atoms with Crippen molar-refractivity contribution in [2.75, 3.05) is 5.32 Å². The monoisotopic (exact) mass is 443 g/mol. The fourth-order valence-electron chi connectivity index (χ4n) is 4.12. The van der Waals surface area contributed by atoms with Gasteiger partial charge >= 0.3 is 6.36 Å². The molecule has 0 radical (unpaired) electrons. The van der Waals surface area contributed by atoms with Crippen LogP contribution in [0.15, 0.2) is 54.6 Å². The number of nitrogens with one attached hydrogen (secondary N) is 2. The normalized spacial score (nSPS) is 18.9. The molecule has 0 unspecified atom stereocenters. The van der Waals surface area contributed by atoms with E-state index in [2.05, 4.69) is 28.4 Å². The Morgan fingerprint density at radius 2 is 1.72 bits per heavy atom. The van der Waals surface area contributed by atoms with E-state index in [1.165, 1.54) is 18.2 Å². The maximum absolute atomic E-state index is 12.5. The van der Waals surface area contributed by atoms with Gasteiger partial charge in [0.2, 0.25) is 0 Å². The summed E-state index contributed by atoms with van der Waals surface area (Å²) in [4.78, 5) is 17.2. The highest BCUT2D eigenvalue weighted by molar-refractivity contribution is 5.94. The van der Waals surface area contributed by atoms with Gasteiger partial charge in [-0.25, -0.2) is 4.98 Å². The summed E-state index contributed by atoms with van der Waals surface area (Å²) in [5.41, 5.74) is 2.26. The van der Waals surface area contributed by atoms with E-state index in [1.807, 2.05) is 24.3 Å². The molecule has 1 aromatic heterocycles. The molecule has 0 spiro atoms. The lowest BCUT2D eigenvalue weighted by molar-refractivity contribution is -0.274. The number of amides is 1. The third-order valence-electron chi connectivity index (χ3n) is 5.67. The average Bonchev–Trinajstić information content (AvgIpc) is 2.74. The summed E-state index contributed by atoms with van der Waals surface area (Å²) < 4.78 is 41.1. The standard InChI is InChI=1S/C24H24F3N3O2/c1-15-13-22(30-21-8-3-2-7-20(15)21)28-17-9-11-18(12-10-17)29-23(31)16-5-4-6-19(14-16)32-24(25,26)27/h2-8,13-14,17-18H,9-12H2,1H3,(H,28,30)(H,29,31)/t17-,18+. The van der Waals surface area contributed by atoms with Gasteiger partial charge in [-0.1, -0.05) is 24.3 Å². The van der Waals surface area contributed by atoms with E-state index in [4.69, 9.17) is 4.98 Å². The molecule has 0 bridgehead atoms. The minimum Gasteiger partial charge on any atom is -0.406 e. The molecule has 1 saturated carbocycles. The van der Waals surface area contributed by atoms with Gasteiger partial charge in [-0.05, 0) is 68.5 Å². The molecule has 32 heavy (non-hydrogen) atoms. The SMILES string of the molecule is Cc1cc(N[C@H]2CC[C@@H](NC(=O)c3cccc(OC(F)(F)F)c3)CC2)nc2ccccc12. The van der Waals surface area contributed by atoms with Crippen LogP contribution in [-0.2, 0) is 0 Å². The molecule has 2 aromatic carbocycles. The lowest BCUT2D eigenvalue weighted by atomic mass is 9.91. The quantitative estimate of drug-likeness (QED) is 0.539. The number of hydrogen-bond donors (Lipinski definition) is 2. The van der Waals surface area contributed by atoms with Crippen molar-refractivity contribution in [1.29, 1.82) is 0 Å². The van der Waals surface area contributed by atoms with Crippen molar-refractivity contribution in [1.82, 2.24) is 10.3 Å². The first-order valence-electron chi connectivity index (χ1n) is 10.6. The Morgan fingerprint density at radius 1 is 1.00 bits per heavy atom. The Kier molecular flexibility index (Phi) is 6.21. The minimum absolute atomic E-state index is 0.0287. The highest BCUT2D eigenvalue weighted by Gasteiger charge is 2.31. The fraction of sp³-hybridized carbons (Fsp3) is 0.333. The molecule has 1 fully saturated rings. The predicted octanol–water partition coefficient (Wildman–Crippen LogP) is 5.59. The summed E-state index contributed by atoms with van der Waals surface area (Å²) in [6.07, 6.45) is -1.53. The van der Waals surface area contributed by atoms with Crippen molar-refractivity contribution in [2.45, 2.75) is 51.1 Å². The van der Waals surface area contributed by atoms with Crippen LogP contribution >= 0.6 is 0 Å². The van der Waals surface area contributed by atoms with E-state index >= 15 is 0 Å². The van der Waals surface area contributed by atoms with Crippen LogP contribution in [0.5, 0.6) is 5.75 Å². The second kappa shape index (κ2) is 9.06. The highest BCUT2D eigenvalue weighted by atomic mass is 19.4. The summed E-state index contributed by atoms with van der Waals surface area (Å²) in [5.74, 6) is 0.0345. The second-order valence-electron chi connectivity index (χ2n) is 8.08. The maximum atomic E-state index is 12.5. The van der Waals surface area contributed by atoms with Crippen LogP contribution in [-0.4, -0.2) is 29.3 Å². The molecule has 4 rings (SSSR count). The van der Waals surface area contributed by atoms with E-state index in [0.717, 1.165) is 54.0 Å². The Morgan fingerprint density at radius 3 is 2.47 bits per heavy atom. The van der Waals surface area contributed by atoms with Crippen molar-refractivity contribution < 1.29 is 22.7 Å². The molecular weight excluding hydrogens is 419 g/mol. The number of carbonyl (C=O) groups is 1. The van der Waals surface area contributed by atoms with Gasteiger partial charge in [0.05, 0.1) is 5.52 Å². The molecule has 1 aliphatic rings. The van der Waals surface area contributed by atoms with E-state index in [9.17, 15) is 18.0 Å². The molecule has 0 atom stereocenters. The molecule has 5 nitrogen and oxygen atoms in total. The third-order valence-corrected chi connectivity index (χ3v) is 5.67. The van der Waals surface area contributed by atoms with Crippen LogP contribution in [0.2, 0.25) is 0 Å². The Balaban J connectivity index is 1.31. The van der Waals surface area contributed by atoms with Crippen molar-refractivity contribution in [3.63, 3.8) is 0 Å². The predicted molar refractivity (Wildman–Crippen MR) is 117 cm³/mol. The van der Waals surface area contributed by atoms with Gasteiger partial charge in [-0.2, -0.15) is 0 Å². The smallest absolute Gasteiger partial charge is 0.406 e.